The maximum absolute atomic E-state index is 13.5. The second kappa shape index (κ2) is 11.2. The summed E-state index contributed by atoms with van der Waals surface area (Å²) >= 11 is 6.82. The molecule has 0 spiro atoms. The van der Waals surface area contributed by atoms with Crippen molar-refractivity contribution in [2.45, 2.75) is 31.7 Å². The van der Waals surface area contributed by atoms with Gasteiger partial charge in [0.15, 0.2) is 17.2 Å². The van der Waals surface area contributed by atoms with Crippen molar-refractivity contribution in [3.05, 3.63) is 49.9 Å². The van der Waals surface area contributed by atoms with Crippen molar-refractivity contribution in [2.75, 3.05) is 21.3 Å². The van der Waals surface area contributed by atoms with Crippen LogP contribution in [-0.4, -0.2) is 56.1 Å². The minimum absolute atomic E-state index is 0.0680. The smallest absolute Gasteiger partial charge is 0.343 e. The van der Waals surface area contributed by atoms with E-state index in [9.17, 15) is 19.2 Å². The maximum Gasteiger partial charge on any atom is 0.343 e. The third kappa shape index (κ3) is 5.10. The second-order valence-corrected chi connectivity index (χ2v) is 11.6. The van der Waals surface area contributed by atoms with Gasteiger partial charge in [-0.1, -0.05) is 22.4 Å². The van der Waals surface area contributed by atoms with Crippen LogP contribution in [0.3, 0.4) is 0 Å². The first-order valence-corrected chi connectivity index (χ1v) is 14.2. The van der Waals surface area contributed by atoms with Gasteiger partial charge in [-0.25, -0.2) is 9.59 Å². The number of carbonyl (C=O) groups excluding carboxylic acids is 4. The molecule has 10 nitrogen and oxygen atoms in total. The molecule has 2 aromatic carbocycles. The highest BCUT2D eigenvalue weighted by Gasteiger charge is 2.49. The Morgan fingerprint density at radius 1 is 0.950 bits per heavy atom. The van der Waals surface area contributed by atoms with Crippen LogP contribution in [0.4, 0.5) is 4.79 Å². The van der Waals surface area contributed by atoms with E-state index >= 15 is 0 Å². The molecule has 40 heavy (non-hydrogen) atoms. The monoisotopic (exact) mass is 676 g/mol. The predicted molar refractivity (Wildman–Crippen MR) is 150 cm³/mol. The number of rotatable bonds is 7. The van der Waals surface area contributed by atoms with Crippen molar-refractivity contribution >= 4 is 61.8 Å². The fourth-order valence-electron chi connectivity index (χ4n) is 5.80. The Labute approximate surface area is 247 Å². The van der Waals surface area contributed by atoms with Crippen molar-refractivity contribution in [1.29, 1.82) is 0 Å². The number of esters is 1. The summed E-state index contributed by atoms with van der Waals surface area (Å²) in [6.07, 6.45) is 5.11. The van der Waals surface area contributed by atoms with E-state index in [0.717, 1.165) is 25.7 Å². The Balaban J connectivity index is 1.50. The Hall–Kier alpha value is -3.38. The first kappa shape index (κ1) is 28.2. The van der Waals surface area contributed by atoms with E-state index < -0.39 is 23.8 Å². The number of hydrogen-bond donors (Lipinski definition) is 1. The highest BCUT2D eigenvalue weighted by Crippen LogP contribution is 2.47. The Bertz CT molecular complexity index is 1430. The molecule has 3 aliphatic rings. The Morgan fingerprint density at radius 2 is 1.65 bits per heavy atom. The zero-order valence-electron chi connectivity index (χ0n) is 21.9. The van der Waals surface area contributed by atoms with Crippen LogP contribution in [0.15, 0.2) is 38.8 Å². The van der Waals surface area contributed by atoms with Crippen LogP contribution in [0, 0.1) is 11.8 Å². The van der Waals surface area contributed by atoms with E-state index in [1.165, 1.54) is 44.4 Å². The van der Waals surface area contributed by atoms with E-state index in [2.05, 4.69) is 37.2 Å². The number of hydrogen-bond acceptors (Lipinski definition) is 8. The molecule has 3 fully saturated rings. The summed E-state index contributed by atoms with van der Waals surface area (Å²) in [5.41, 5.74) is 0.155. The number of amides is 4. The van der Waals surface area contributed by atoms with Crippen molar-refractivity contribution in [3.8, 4) is 23.0 Å². The predicted octanol–water partition coefficient (Wildman–Crippen LogP) is 5.11. The largest absolute Gasteiger partial charge is 0.493 e. The number of ether oxygens (including phenoxy) is 4. The van der Waals surface area contributed by atoms with Gasteiger partial charge >= 0.3 is 12.0 Å². The molecule has 2 aliphatic carbocycles. The number of urea groups is 1. The molecular weight excluding hydrogens is 652 g/mol. The van der Waals surface area contributed by atoms with Gasteiger partial charge in [0, 0.05) is 16.1 Å². The lowest BCUT2D eigenvalue weighted by Gasteiger charge is -2.35. The quantitative estimate of drug-likeness (QED) is 0.186. The summed E-state index contributed by atoms with van der Waals surface area (Å²) in [6, 6.07) is 5.22. The zero-order chi connectivity index (χ0) is 28.7. The van der Waals surface area contributed by atoms with Crippen LogP contribution in [-0.2, 0) is 9.59 Å². The van der Waals surface area contributed by atoms with E-state index in [-0.39, 0.29) is 45.9 Å². The number of nitrogens with one attached hydrogen (secondary N) is 1. The summed E-state index contributed by atoms with van der Waals surface area (Å²) in [7, 11) is 4.31. The molecular formula is C28H26Br2N2O8. The number of carbonyl (C=O) groups is 4. The lowest BCUT2D eigenvalue weighted by atomic mass is 9.93. The number of nitrogens with zero attached hydrogens (tertiary/aromatic N) is 1. The van der Waals surface area contributed by atoms with Crippen LogP contribution in [0.5, 0.6) is 23.0 Å². The van der Waals surface area contributed by atoms with Crippen LogP contribution >= 0.6 is 31.9 Å². The Kier molecular flexibility index (Phi) is 7.92. The molecule has 0 radical (unpaired) electrons. The number of fused-ring (bicyclic) bond motifs is 2. The average molecular weight is 678 g/mol. The number of barbiturate groups is 1. The molecule has 1 heterocycles. The molecule has 0 unspecified atom stereocenters. The molecule has 4 amide bonds. The van der Waals surface area contributed by atoms with Crippen LogP contribution in [0.2, 0.25) is 0 Å². The van der Waals surface area contributed by atoms with E-state index in [0.29, 0.717) is 20.6 Å². The minimum Gasteiger partial charge on any atom is -0.493 e. The topological polar surface area (TPSA) is 120 Å². The van der Waals surface area contributed by atoms with Gasteiger partial charge in [0.1, 0.15) is 5.57 Å². The number of methoxy groups -OCH3 is 3. The number of benzene rings is 2. The number of halogens is 2. The molecule has 1 aliphatic heterocycles. The summed E-state index contributed by atoms with van der Waals surface area (Å²) in [6.45, 7) is 0. The minimum atomic E-state index is -0.813. The van der Waals surface area contributed by atoms with Crippen LogP contribution in [0.1, 0.15) is 41.6 Å². The molecule has 1 N–H and O–H groups in total. The van der Waals surface area contributed by atoms with Crippen LogP contribution < -0.4 is 24.3 Å². The summed E-state index contributed by atoms with van der Waals surface area (Å²) in [5.74, 6) is -0.586. The van der Waals surface area contributed by atoms with Crippen molar-refractivity contribution in [2.24, 2.45) is 11.8 Å². The van der Waals surface area contributed by atoms with Gasteiger partial charge in [-0.05, 0) is 77.4 Å². The molecule has 5 rings (SSSR count). The molecule has 0 aromatic heterocycles. The van der Waals surface area contributed by atoms with E-state index in [1.807, 2.05) is 0 Å². The van der Waals surface area contributed by atoms with Gasteiger partial charge < -0.3 is 18.9 Å². The summed E-state index contributed by atoms with van der Waals surface area (Å²) in [4.78, 5) is 53.6. The van der Waals surface area contributed by atoms with E-state index in [4.69, 9.17) is 18.9 Å². The van der Waals surface area contributed by atoms with Crippen molar-refractivity contribution < 1.29 is 38.1 Å². The van der Waals surface area contributed by atoms with Crippen LogP contribution in [0.25, 0.3) is 6.08 Å². The molecule has 2 saturated carbocycles. The highest BCUT2D eigenvalue weighted by atomic mass is 79.9. The summed E-state index contributed by atoms with van der Waals surface area (Å²) < 4.78 is 22.7. The fraction of sp³-hybridized carbons (Fsp3) is 0.357. The number of imide groups is 2. The van der Waals surface area contributed by atoms with Crippen molar-refractivity contribution in [3.63, 3.8) is 0 Å². The fourth-order valence-corrected chi connectivity index (χ4v) is 7.14. The van der Waals surface area contributed by atoms with Gasteiger partial charge in [-0.2, -0.15) is 0 Å². The lowest BCUT2D eigenvalue weighted by Crippen LogP contribution is -2.58. The van der Waals surface area contributed by atoms with Crippen molar-refractivity contribution in [1.82, 2.24) is 10.2 Å². The maximum atomic E-state index is 13.5. The molecule has 2 aromatic rings. The molecule has 1 saturated heterocycles. The Morgan fingerprint density at radius 3 is 2.23 bits per heavy atom. The summed E-state index contributed by atoms with van der Waals surface area (Å²) in [5, 5.41) is 2.31. The third-order valence-corrected chi connectivity index (χ3v) is 8.64. The lowest BCUT2D eigenvalue weighted by molar-refractivity contribution is -0.132. The van der Waals surface area contributed by atoms with Gasteiger partial charge in [-0.3, -0.25) is 19.8 Å². The van der Waals surface area contributed by atoms with Gasteiger partial charge in [-0.15, -0.1) is 0 Å². The molecule has 12 heteroatoms. The van der Waals surface area contributed by atoms with E-state index in [1.54, 1.807) is 12.1 Å². The zero-order valence-corrected chi connectivity index (χ0v) is 25.1. The second-order valence-electron chi connectivity index (χ2n) is 9.84. The first-order chi connectivity index (χ1) is 19.1. The molecule has 3 atom stereocenters. The molecule has 2 bridgehead atoms. The molecule has 210 valence electrons. The van der Waals surface area contributed by atoms with Gasteiger partial charge in [0.2, 0.25) is 5.75 Å². The normalized spacial score (nSPS) is 22.9. The van der Waals surface area contributed by atoms with Gasteiger partial charge in [0.05, 0.1) is 31.4 Å². The third-order valence-electron chi connectivity index (χ3n) is 7.60. The highest BCUT2D eigenvalue weighted by molar-refractivity contribution is 9.11. The first-order valence-electron chi connectivity index (χ1n) is 12.6. The van der Waals surface area contributed by atoms with Gasteiger partial charge in [0.25, 0.3) is 11.8 Å². The SMILES string of the molecule is COc1cc(C(=O)Oc2c(Br)cc(Br)cc2/C=C2/C(=O)NC(=O)N([C@@H]3C[C@H]4CC[C@H]3C4)C2=O)cc(OC)c1OC. The standard InChI is InChI=1S/C28H26Br2N2O8/c1-37-21-10-16(11-22(38-2)24(21)39-3)27(35)40-23-15(8-17(29)12-19(23)30)9-18-25(33)31-28(36)32(26(18)34)20-7-13-4-5-14(20)6-13/h8-14,20H,4-7H2,1-3H3,(H,31,33,36)/b18-9-/t13-,14-,20+/m0/s1. The average Bonchev–Trinajstić information content (AvgIpc) is 3.55.